The van der Waals surface area contributed by atoms with E-state index in [2.05, 4.69) is 5.32 Å². The zero-order chi connectivity index (χ0) is 27.0. The van der Waals surface area contributed by atoms with Crippen LogP contribution >= 0.6 is 0 Å². The molecule has 3 aromatic rings. The van der Waals surface area contributed by atoms with Gasteiger partial charge < -0.3 is 14.8 Å². The molecule has 0 aliphatic heterocycles. The van der Waals surface area contributed by atoms with Crippen molar-refractivity contribution in [3.63, 3.8) is 0 Å². The zero-order valence-corrected chi connectivity index (χ0v) is 20.7. The van der Waals surface area contributed by atoms with Crippen molar-refractivity contribution < 1.29 is 28.8 Å². The number of carbonyl (C=O) groups is 3. The lowest BCUT2D eigenvalue weighted by molar-refractivity contribution is -0.384. The van der Waals surface area contributed by atoms with Gasteiger partial charge in [0.1, 0.15) is 6.04 Å². The van der Waals surface area contributed by atoms with Gasteiger partial charge in [-0.2, -0.15) is 0 Å². The molecular formula is C28H28N2O7. The topological polar surface area (TPSA) is 125 Å². The van der Waals surface area contributed by atoms with Crippen LogP contribution in [-0.4, -0.2) is 43.0 Å². The molecule has 0 bridgehead atoms. The van der Waals surface area contributed by atoms with Gasteiger partial charge in [-0.3, -0.25) is 19.7 Å². The summed E-state index contributed by atoms with van der Waals surface area (Å²) < 4.78 is 9.83. The van der Waals surface area contributed by atoms with Gasteiger partial charge in [-0.15, -0.1) is 0 Å². The highest BCUT2D eigenvalue weighted by atomic mass is 16.6. The first-order valence-corrected chi connectivity index (χ1v) is 11.5. The number of nitrogens with zero attached hydrogens (tertiary/aromatic N) is 1. The number of amides is 1. The van der Waals surface area contributed by atoms with Crippen LogP contribution in [0.3, 0.4) is 0 Å². The number of hydrogen-bond acceptors (Lipinski definition) is 7. The summed E-state index contributed by atoms with van der Waals surface area (Å²) in [6, 6.07) is 22.4. The maximum Gasteiger partial charge on any atom is 0.329 e. The smallest absolute Gasteiger partial charge is 0.329 e. The monoisotopic (exact) mass is 504 g/mol. The van der Waals surface area contributed by atoms with E-state index < -0.39 is 40.1 Å². The molecule has 9 nitrogen and oxygen atoms in total. The Bertz CT molecular complexity index is 1210. The number of nitro benzene ring substituents is 1. The minimum Gasteiger partial charge on any atom is -0.469 e. The van der Waals surface area contributed by atoms with Gasteiger partial charge in [0.05, 0.1) is 31.0 Å². The number of rotatable bonds is 10. The van der Waals surface area contributed by atoms with Crippen LogP contribution in [0.4, 0.5) is 5.69 Å². The van der Waals surface area contributed by atoms with E-state index in [-0.39, 0.29) is 12.1 Å². The first-order valence-electron chi connectivity index (χ1n) is 11.5. The van der Waals surface area contributed by atoms with E-state index >= 15 is 0 Å². The van der Waals surface area contributed by atoms with Gasteiger partial charge in [-0.25, -0.2) is 4.79 Å². The third-order valence-electron chi connectivity index (χ3n) is 6.45. The van der Waals surface area contributed by atoms with Crippen molar-refractivity contribution in [3.8, 4) is 0 Å². The van der Waals surface area contributed by atoms with Crippen molar-refractivity contribution in [2.75, 3.05) is 14.2 Å². The summed E-state index contributed by atoms with van der Waals surface area (Å²) in [7, 11) is 2.39. The predicted molar refractivity (Wildman–Crippen MR) is 136 cm³/mol. The average Bonchev–Trinajstić information content (AvgIpc) is 2.94. The summed E-state index contributed by atoms with van der Waals surface area (Å²) in [5.41, 5.74) is 0.470. The SMILES string of the molecule is COC(=O)C[C@@H](c1ccc([N+](=O)[O-])cc1)[C@H](NC(=O)C(C)(c1ccccc1)c1ccccc1)C(=O)OC. The Kier molecular flexibility index (Phi) is 8.73. The van der Waals surface area contributed by atoms with Gasteiger partial charge in [0.25, 0.3) is 5.69 Å². The van der Waals surface area contributed by atoms with Crippen molar-refractivity contribution in [1.82, 2.24) is 5.32 Å². The Hall–Kier alpha value is -4.53. The molecule has 1 amide bonds. The third kappa shape index (κ3) is 6.00. The van der Waals surface area contributed by atoms with Crippen LogP contribution in [0.5, 0.6) is 0 Å². The molecule has 0 aliphatic carbocycles. The maximum absolute atomic E-state index is 14.0. The summed E-state index contributed by atoms with van der Waals surface area (Å²) in [6.45, 7) is 1.75. The Labute approximate surface area is 214 Å². The van der Waals surface area contributed by atoms with Crippen molar-refractivity contribution in [3.05, 3.63) is 112 Å². The molecule has 2 atom stereocenters. The van der Waals surface area contributed by atoms with Gasteiger partial charge in [0.15, 0.2) is 0 Å². The van der Waals surface area contributed by atoms with E-state index in [9.17, 15) is 24.5 Å². The standard InChI is InChI=1S/C28H28N2O7/c1-28(20-10-6-4-7-11-20,21-12-8-5-9-13-21)27(33)29-25(26(32)37-3)23(18-24(31)36-2)19-14-16-22(17-15-19)30(34)35/h4-17,23,25H,18H2,1-3H3,(H,29,33)/t23-,25-/m0/s1. The van der Waals surface area contributed by atoms with E-state index in [0.29, 0.717) is 16.7 Å². The Morgan fingerprint density at radius 1 is 0.865 bits per heavy atom. The molecule has 0 fully saturated rings. The highest BCUT2D eigenvalue weighted by molar-refractivity contribution is 5.95. The van der Waals surface area contributed by atoms with Crippen molar-refractivity contribution >= 4 is 23.5 Å². The van der Waals surface area contributed by atoms with Crippen LogP contribution in [0.2, 0.25) is 0 Å². The second-order valence-electron chi connectivity index (χ2n) is 8.57. The Morgan fingerprint density at radius 3 is 1.81 bits per heavy atom. The highest BCUT2D eigenvalue weighted by Gasteiger charge is 2.42. The van der Waals surface area contributed by atoms with E-state index in [1.165, 1.54) is 38.5 Å². The molecule has 192 valence electrons. The molecule has 3 rings (SSSR count). The molecule has 0 radical (unpaired) electrons. The molecule has 1 N–H and O–H groups in total. The van der Waals surface area contributed by atoms with E-state index in [1.54, 1.807) is 6.92 Å². The summed E-state index contributed by atoms with van der Waals surface area (Å²) in [5.74, 6) is -2.80. The summed E-state index contributed by atoms with van der Waals surface area (Å²) in [6.07, 6.45) is -0.276. The molecule has 0 aromatic heterocycles. The van der Waals surface area contributed by atoms with Crippen LogP contribution in [0, 0.1) is 10.1 Å². The van der Waals surface area contributed by atoms with Crippen molar-refractivity contribution in [1.29, 1.82) is 0 Å². The third-order valence-corrected chi connectivity index (χ3v) is 6.45. The molecule has 0 saturated heterocycles. The lowest BCUT2D eigenvalue weighted by Gasteiger charge is -2.33. The predicted octanol–water partition coefficient (Wildman–Crippen LogP) is 3.91. The van der Waals surface area contributed by atoms with Crippen molar-refractivity contribution in [2.24, 2.45) is 0 Å². The number of hydrogen-bond donors (Lipinski definition) is 1. The number of ether oxygens (including phenoxy) is 2. The van der Waals surface area contributed by atoms with Gasteiger partial charge in [-0.1, -0.05) is 72.8 Å². The fraction of sp³-hybridized carbons (Fsp3) is 0.250. The number of nitrogens with one attached hydrogen (secondary N) is 1. The summed E-state index contributed by atoms with van der Waals surface area (Å²) in [5, 5.41) is 13.9. The largest absolute Gasteiger partial charge is 0.469 e. The normalized spacial score (nSPS) is 12.6. The first kappa shape index (κ1) is 27.1. The average molecular weight is 505 g/mol. The number of non-ortho nitro benzene ring substituents is 1. The summed E-state index contributed by atoms with van der Waals surface area (Å²) in [4.78, 5) is 49.9. The van der Waals surface area contributed by atoms with Crippen LogP contribution in [0.1, 0.15) is 36.0 Å². The van der Waals surface area contributed by atoms with E-state index in [1.807, 2.05) is 60.7 Å². The van der Waals surface area contributed by atoms with Gasteiger partial charge >= 0.3 is 11.9 Å². The quantitative estimate of drug-likeness (QED) is 0.252. The molecule has 9 heteroatoms. The number of benzene rings is 3. The Balaban J connectivity index is 2.08. The summed E-state index contributed by atoms with van der Waals surface area (Å²) >= 11 is 0. The van der Waals surface area contributed by atoms with Crippen LogP contribution < -0.4 is 5.32 Å². The highest BCUT2D eigenvalue weighted by Crippen LogP contribution is 2.34. The second-order valence-corrected chi connectivity index (χ2v) is 8.57. The minimum absolute atomic E-state index is 0.153. The molecular weight excluding hydrogens is 476 g/mol. The number of carbonyl (C=O) groups excluding carboxylic acids is 3. The van der Waals surface area contributed by atoms with Gasteiger partial charge in [0, 0.05) is 18.1 Å². The Morgan fingerprint density at radius 2 is 1.38 bits per heavy atom. The van der Waals surface area contributed by atoms with Crippen molar-refractivity contribution in [2.45, 2.75) is 30.7 Å². The number of nitro groups is 1. The molecule has 0 spiro atoms. The second kappa shape index (κ2) is 11.9. The fourth-order valence-electron chi connectivity index (χ4n) is 4.24. The van der Waals surface area contributed by atoms with Gasteiger partial charge in [0.2, 0.25) is 5.91 Å². The molecule has 0 unspecified atom stereocenters. The van der Waals surface area contributed by atoms with E-state index in [0.717, 1.165) is 0 Å². The maximum atomic E-state index is 14.0. The molecule has 37 heavy (non-hydrogen) atoms. The molecule has 0 aliphatic rings. The van der Waals surface area contributed by atoms with Crippen LogP contribution in [0.25, 0.3) is 0 Å². The molecule has 0 saturated carbocycles. The lowest BCUT2D eigenvalue weighted by Crippen LogP contribution is -2.52. The van der Waals surface area contributed by atoms with Crippen LogP contribution in [0.15, 0.2) is 84.9 Å². The fourth-order valence-corrected chi connectivity index (χ4v) is 4.24. The van der Waals surface area contributed by atoms with E-state index in [4.69, 9.17) is 9.47 Å². The minimum atomic E-state index is -1.29. The zero-order valence-electron chi connectivity index (χ0n) is 20.7. The van der Waals surface area contributed by atoms with Crippen LogP contribution in [-0.2, 0) is 29.3 Å². The lowest BCUT2D eigenvalue weighted by atomic mass is 9.75. The molecule has 3 aromatic carbocycles. The van der Waals surface area contributed by atoms with Gasteiger partial charge in [-0.05, 0) is 23.6 Å². The molecule has 0 heterocycles. The first-order chi connectivity index (χ1) is 17.7. The number of methoxy groups -OCH3 is 2. The number of esters is 2.